The summed E-state index contributed by atoms with van der Waals surface area (Å²) in [4.78, 5) is 0. The number of anilines is 1. The second-order valence-corrected chi connectivity index (χ2v) is 5.21. The topological polar surface area (TPSA) is 75.3 Å². The molecule has 0 radical (unpaired) electrons. The van der Waals surface area contributed by atoms with Crippen LogP contribution in [-0.4, -0.2) is 31.5 Å². The first-order valence-electron chi connectivity index (χ1n) is 7.39. The van der Waals surface area contributed by atoms with Crippen molar-refractivity contribution in [3.05, 3.63) is 53.9 Å². The van der Waals surface area contributed by atoms with Gasteiger partial charge in [0.05, 0.1) is 6.04 Å². The van der Waals surface area contributed by atoms with Crippen LogP contribution in [0, 0.1) is 6.92 Å². The molecule has 6 nitrogen and oxygen atoms in total. The van der Waals surface area contributed by atoms with Gasteiger partial charge in [-0.05, 0) is 37.5 Å². The van der Waals surface area contributed by atoms with Crippen LogP contribution in [0.5, 0.6) is 0 Å². The molecule has 0 saturated carbocycles. The fraction of sp³-hybridized carbons (Fsp3) is 0.312. The Morgan fingerprint density at radius 1 is 1.14 bits per heavy atom. The van der Waals surface area contributed by atoms with Crippen molar-refractivity contribution in [3.8, 4) is 0 Å². The lowest BCUT2D eigenvalue weighted by Gasteiger charge is -2.19. The highest BCUT2D eigenvalue weighted by atomic mass is 16.2. The molecule has 0 aliphatic rings. The molecular formula is C16H19N5O. The van der Waals surface area contributed by atoms with Crippen LogP contribution in [0.2, 0.25) is 0 Å². The summed E-state index contributed by atoms with van der Waals surface area (Å²) in [6, 6.07) is 14.1. The van der Waals surface area contributed by atoms with Crippen molar-refractivity contribution < 1.29 is 5.11 Å². The number of rotatable bonds is 6. The van der Waals surface area contributed by atoms with Crippen LogP contribution >= 0.6 is 0 Å². The van der Waals surface area contributed by atoms with E-state index < -0.39 is 0 Å². The van der Waals surface area contributed by atoms with Crippen LogP contribution in [0.3, 0.4) is 0 Å². The average molecular weight is 297 g/mol. The monoisotopic (exact) mass is 297 g/mol. The number of hydrogen-bond donors (Lipinski definition) is 2. The Morgan fingerprint density at radius 3 is 2.73 bits per heavy atom. The minimum Gasteiger partial charge on any atom is -0.396 e. The minimum absolute atomic E-state index is 0.107. The zero-order chi connectivity index (χ0) is 15.4. The number of nitrogens with one attached hydrogen (secondary N) is 1. The number of aliphatic hydroxyl groups is 1. The SMILES string of the molecule is Cc1nnc2ccc(N[C@@H](CCCO)c3ccccc3)nn12. The average Bonchev–Trinajstić information content (AvgIpc) is 2.93. The molecule has 0 bridgehead atoms. The number of aromatic nitrogens is 4. The number of aliphatic hydroxyl groups excluding tert-OH is 1. The highest BCUT2D eigenvalue weighted by Crippen LogP contribution is 2.23. The lowest BCUT2D eigenvalue weighted by atomic mass is 10.0. The Labute approximate surface area is 128 Å². The minimum atomic E-state index is 0.107. The number of benzene rings is 1. The van der Waals surface area contributed by atoms with Gasteiger partial charge in [0.1, 0.15) is 5.82 Å². The van der Waals surface area contributed by atoms with Gasteiger partial charge < -0.3 is 10.4 Å². The first-order valence-corrected chi connectivity index (χ1v) is 7.39. The maximum atomic E-state index is 9.11. The number of hydrogen-bond acceptors (Lipinski definition) is 5. The maximum absolute atomic E-state index is 9.11. The predicted octanol–water partition coefficient (Wildman–Crippen LogP) is 2.36. The van der Waals surface area contributed by atoms with Crippen molar-refractivity contribution in [2.24, 2.45) is 0 Å². The second-order valence-electron chi connectivity index (χ2n) is 5.21. The van der Waals surface area contributed by atoms with Crippen LogP contribution in [0.15, 0.2) is 42.5 Å². The summed E-state index contributed by atoms with van der Waals surface area (Å²) in [5.74, 6) is 1.52. The summed E-state index contributed by atoms with van der Waals surface area (Å²) in [6.07, 6.45) is 1.57. The van der Waals surface area contributed by atoms with Crippen LogP contribution in [-0.2, 0) is 0 Å². The fourth-order valence-electron chi connectivity index (χ4n) is 2.45. The molecule has 0 saturated heterocycles. The summed E-state index contributed by atoms with van der Waals surface area (Å²) in [6.45, 7) is 2.05. The van der Waals surface area contributed by atoms with E-state index in [2.05, 4.69) is 32.7 Å². The highest BCUT2D eigenvalue weighted by molar-refractivity contribution is 5.45. The second kappa shape index (κ2) is 6.53. The summed E-state index contributed by atoms with van der Waals surface area (Å²) < 4.78 is 1.72. The molecule has 0 amide bonds. The Morgan fingerprint density at radius 2 is 1.95 bits per heavy atom. The molecule has 0 fully saturated rings. The first kappa shape index (κ1) is 14.5. The molecule has 6 heteroatoms. The molecule has 0 unspecified atom stereocenters. The van der Waals surface area contributed by atoms with Gasteiger partial charge in [0.2, 0.25) is 0 Å². The van der Waals surface area contributed by atoms with Gasteiger partial charge in [-0.25, -0.2) is 0 Å². The third-order valence-corrected chi connectivity index (χ3v) is 3.59. The van der Waals surface area contributed by atoms with Crippen molar-refractivity contribution in [3.63, 3.8) is 0 Å². The molecule has 3 aromatic rings. The molecule has 2 N–H and O–H groups in total. The van der Waals surface area contributed by atoms with Crippen molar-refractivity contribution in [2.75, 3.05) is 11.9 Å². The molecule has 1 atom stereocenters. The van der Waals surface area contributed by atoms with E-state index in [4.69, 9.17) is 5.11 Å². The quantitative estimate of drug-likeness (QED) is 0.730. The lowest BCUT2D eigenvalue weighted by Crippen LogP contribution is -2.13. The third-order valence-electron chi connectivity index (χ3n) is 3.59. The summed E-state index contributed by atoms with van der Waals surface area (Å²) in [5, 5.41) is 25.1. The van der Waals surface area contributed by atoms with Gasteiger partial charge in [-0.1, -0.05) is 30.3 Å². The van der Waals surface area contributed by atoms with Gasteiger partial charge in [-0.3, -0.25) is 0 Å². The van der Waals surface area contributed by atoms with E-state index in [0.29, 0.717) is 0 Å². The zero-order valence-corrected chi connectivity index (χ0v) is 12.5. The van der Waals surface area contributed by atoms with E-state index in [1.54, 1.807) is 4.52 Å². The van der Waals surface area contributed by atoms with E-state index in [0.717, 1.165) is 30.1 Å². The van der Waals surface area contributed by atoms with Crippen molar-refractivity contribution in [1.82, 2.24) is 19.8 Å². The van der Waals surface area contributed by atoms with E-state index in [-0.39, 0.29) is 12.6 Å². The molecule has 22 heavy (non-hydrogen) atoms. The Kier molecular flexibility index (Phi) is 4.29. The van der Waals surface area contributed by atoms with Crippen LogP contribution in [0.25, 0.3) is 5.65 Å². The van der Waals surface area contributed by atoms with Crippen molar-refractivity contribution in [1.29, 1.82) is 0 Å². The van der Waals surface area contributed by atoms with E-state index in [1.807, 2.05) is 37.3 Å². The predicted molar refractivity (Wildman–Crippen MR) is 84.6 cm³/mol. The first-order chi connectivity index (χ1) is 10.8. The van der Waals surface area contributed by atoms with E-state index in [1.165, 1.54) is 5.56 Å². The molecular weight excluding hydrogens is 278 g/mol. The number of aryl methyl sites for hydroxylation is 1. The summed E-state index contributed by atoms with van der Waals surface area (Å²) in [7, 11) is 0. The Hall–Kier alpha value is -2.47. The standard InChI is InChI=1S/C16H19N5O/c1-12-18-19-16-10-9-15(20-21(12)16)17-14(8-5-11-22)13-6-3-2-4-7-13/h2-4,6-7,9-10,14,22H,5,8,11H2,1H3,(H,17,20)/t14-/m0/s1. The molecule has 114 valence electrons. The summed E-state index contributed by atoms with van der Waals surface area (Å²) >= 11 is 0. The Balaban J connectivity index is 1.86. The Bertz CT molecular complexity index is 741. The third kappa shape index (κ3) is 3.07. The van der Waals surface area contributed by atoms with Gasteiger partial charge in [0.15, 0.2) is 11.5 Å². The van der Waals surface area contributed by atoms with Crippen molar-refractivity contribution in [2.45, 2.75) is 25.8 Å². The molecule has 0 spiro atoms. The molecule has 2 heterocycles. The lowest BCUT2D eigenvalue weighted by molar-refractivity contribution is 0.281. The van der Waals surface area contributed by atoms with Crippen LogP contribution < -0.4 is 5.32 Å². The molecule has 2 aromatic heterocycles. The number of fused-ring (bicyclic) bond motifs is 1. The largest absolute Gasteiger partial charge is 0.396 e. The van der Waals surface area contributed by atoms with E-state index >= 15 is 0 Å². The summed E-state index contributed by atoms with van der Waals surface area (Å²) in [5.41, 5.74) is 1.91. The molecule has 1 aromatic carbocycles. The highest BCUT2D eigenvalue weighted by Gasteiger charge is 2.12. The van der Waals surface area contributed by atoms with Gasteiger partial charge in [0.25, 0.3) is 0 Å². The van der Waals surface area contributed by atoms with Gasteiger partial charge in [0, 0.05) is 6.61 Å². The van der Waals surface area contributed by atoms with Crippen LogP contribution in [0.1, 0.15) is 30.3 Å². The van der Waals surface area contributed by atoms with Gasteiger partial charge >= 0.3 is 0 Å². The smallest absolute Gasteiger partial charge is 0.178 e. The van der Waals surface area contributed by atoms with Crippen molar-refractivity contribution >= 4 is 11.5 Å². The van der Waals surface area contributed by atoms with E-state index in [9.17, 15) is 0 Å². The normalized spacial score (nSPS) is 12.5. The number of nitrogens with zero attached hydrogens (tertiary/aromatic N) is 4. The zero-order valence-electron chi connectivity index (χ0n) is 12.5. The molecule has 3 rings (SSSR count). The van der Waals surface area contributed by atoms with Gasteiger partial charge in [-0.15, -0.1) is 15.3 Å². The molecule has 0 aliphatic heterocycles. The molecule has 0 aliphatic carbocycles. The maximum Gasteiger partial charge on any atom is 0.178 e. The van der Waals surface area contributed by atoms with Crippen LogP contribution in [0.4, 0.5) is 5.82 Å². The van der Waals surface area contributed by atoms with Gasteiger partial charge in [-0.2, -0.15) is 4.52 Å². The fourth-order valence-corrected chi connectivity index (χ4v) is 2.45.